The van der Waals surface area contributed by atoms with Crippen LogP contribution in [0.1, 0.15) is 12.5 Å². The van der Waals surface area contributed by atoms with E-state index in [2.05, 4.69) is 0 Å². The first-order chi connectivity index (χ1) is 6.63. The van der Waals surface area contributed by atoms with Gasteiger partial charge in [-0.2, -0.15) is 0 Å². The Kier molecular flexibility index (Phi) is 3.29. The molecule has 74 valence electrons. The Balaban J connectivity index is 2.92. The molecule has 0 heterocycles. The van der Waals surface area contributed by atoms with Crippen LogP contribution >= 0.6 is 0 Å². The second-order valence-electron chi connectivity index (χ2n) is 2.85. The van der Waals surface area contributed by atoms with Crippen LogP contribution in [-0.2, 0) is 4.79 Å². The van der Waals surface area contributed by atoms with Crippen molar-refractivity contribution in [2.24, 2.45) is 0 Å². The molecule has 0 atom stereocenters. The quantitative estimate of drug-likeness (QED) is 0.528. The highest BCUT2D eigenvalue weighted by atomic mass is 16.5. The van der Waals surface area contributed by atoms with E-state index >= 15 is 0 Å². The van der Waals surface area contributed by atoms with Crippen molar-refractivity contribution in [3.8, 4) is 5.75 Å². The summed E-state index contributed by atoms with van der Waals surface area (Å²) in [5.41, 5.74) is 0.487. The zero-order chi connectivity index (χ0) is 10.6. The molecule has 0 unspecified atom stereocenters. The third-order valence-corrected chi connectivity index (χ3v) is 1.71. The molecule has 0 aliphatic heterocycles. The highest BCUT2D eigenvalue weighted by molar-refractivity contribution is 5.93. The summed E-state index contributed by atoms with van der Waals surface area (Å²) < 4.78 is 4.94. The third-order valence-electron chi connectivity index (χ3n) is 1.71. The van der Waals surface area contributed by atoms with E-state index in [9.17, 15) is 9.90 Å². The summed E-state index contributed by atoms with van der Waals surface area (Å²) in [6, 6.07) is 6.61. The van der Waals surface area contributed by atoms with Crippen LogP contribution in [0.4, 0.5) is 0 Å². The molecule has 3 heteroatoms. The van der Waals surface area contributed by atoms with Crippen LogP contribution in [-0.4, -0.2) is 12.9 Å². The summed E-state index contributed by atoms with van der Waals surface area (Å²) in [5.74, 6) is 0.162. The first-order valence-corrected chi connectivity index (χ1v) is 4.17. The molecule has 0 spiro atoms. The molecule has 0 fully saturated rings. The number of carbonyl (C=O) groups excluding carboxylic acids is 1. The molecular weight excluding hydrogens is 180 g/mol. The lowest BCUT2D eigenvalue weighted by Gasteiger charge is -2.11. The zero-order valence-electron chi connectivity index (χ0n) is 8.11. The first kappa shape index (κ1) is 10.3. The van der Waals surface area contributed by atoms with Crippen molar-refractivity contribution in [1.29, 1.82) is 0 Å². The molecule has 0 aliphatic carbocycles. The highest BCUT2D eigenvalue weighted by Crippen LogP contribution is 2.14. The lowest BCUT2D eigenvalue weighted by molar-refractivity contribution is -0.243. The molecule has 0 N–H and O–H groups in total. The minimum Gasteiger partial charge on any atom is -0.872 e. The summed E-state index contributed by atoms with van der Waals surface area (Å²) >= 11 is 0. The fraction of sp³-hybridized carbons (Fsp3) is 0.182. The van der Waals surface area contributed by atoms with Gasteiger partial charge in [-0.25, -0.2) is 0 Å². The van der Waals surface area contributed by atoms with Gasteiger partial charge < -0.3 is 9.84 Å². The Hall–Kier alpha value is -1.77. The van der Waals surface area contributed by atoms with Gasteiger partial charge in [-0.05, 0) is 30.7 Å². The molecule has 0 radical (unpaired) electrons. The number of hydrogen-bond donors (Lipinski definition) is 0. The van der Waals surface area contributed by atoms with E-state index in [4.69, 9.17) is 4.74 Å². The van der Waals surface area contributed by atoms with Crippen molar-refractivity contribution in [3.05, 3.63) is 35.9 Å². The van der Waals surface area contributed by atoms with Gasteiger partial charge in [-0.3, -0.25) is 4.79 Å². The summed E-state index contributed by atoms with van der Waals surface area (Å²) in [6.45, 7) is 1.35. The van der Waals surface area contributed by atoms with Crippen molar-refractivity contribution in [2.45, 2.75) is 6.92 Å². The standard InChI is InChI=1S/C11H12O3/c1-8(12)7-11(13)9-3-5-10(14-2)6-4-9/h3-7,13H,1-2H3/p-1/b11-7-. The summed E-state index contributed by atoms with van der Waals surface area (Å²) in [7, 11) is 1.55. The lowest BCUT2D eigenvalue weighted by atomic mass is 10.1. The average Bonchev–Trinajstić information content (AvgIpc) is 2.17. The van der Waals surface area contributed by atoms with Gasteiger partial charge in [-0.15, -0.1) is 0 Å². The van der Waals surface area contributed by atoms with Crippen LogP contribution < -0.4 is 9.84 Å². The fourth-order valence-corrected chi connectivity index (χ4v) is 1.02. The van der Waals surface area contributed by atoms with Crippen molar-refractivity contribution in [2.75, 3.05) is 7.11 Å². The van der Waals surface area contributed by atoms with E-state index in [1.54, 1.807) is 31.4 Å². The largest absolute Gasteiger partial charge is 0.872 e. The van der Waals surface area contributed by atoms with E-state index in [1.165, 1.54) is 6.92 Å². The van der Waals surface area contributed by atoms with Gasteiger partial charge in [-0.1, -0.05) is 17.9 Å². The maximum Gasteiger partial charge on any atom is 0.152 e. The maximum atomic E-state index is 11.3. The van der Waals surface area contributed by atoms with E-state index in [0.717, 1.165) is 6.08 Å². The summed E-state index contributed by atoms with van der Waals surface area (Å²) in [6.07, 6.45) is 1.07. The van der Waals surface area contributed by atoms with Gasteiger partial charge >= 0.3 is 0 Å². The molecular formula is C11H11O3-. The molecule has 1 rings (SSSR count). The van der Waals surface area contributed by atoms with E-state index in [-0.39, 0.29) is 11.5 Å². The van der Waals surface area contributed by atoms with Gasteiger partial charge in [0.15, 0.2) is 5.78 Å². The number of methoxy groups -OCH3 is 1. The molecule has 0 amide bonds. The third kappa shape index (κ3) is 2.62. The van der Waals surface area contributed by atoms with Crippen LogP contribution in [0.3, 0.4) is 0 Å². The monoisotopic (exact) mass is 191 g/mol. The smallest absolute Gasteiger partial charge is 0.152 e. The molecule has 1 aromatic rings. The SMILES string of the molecule is COc1ccc(/C([O-])=C/C(C)=O)cc1. The number of ketones is 1. The topological polar surface area (TPSA) is 49.4 Å². The second kappa shape index (κ2) is 4.46. The van der Waals surface area contributed by atoms with Gasteiger partial charge in [0.25, 0.3) is 0 Å². The number of carbonyl (C=O) groups is 1. The van der Waals surface area contributed by atoms with Crippen molar-refractivity contribution < 1.29 is 14.6 Å². The van der Waals surface area contributed by atoms with Gasteiger partial charge in [0, 0.05) is 0 Å². The Bertz CT molecular complexity index is 349. The Morgan fingerprint density at radius 2 is 1.93 bits per heavy atom. The minimum absolute atomic E-state index is 0.245. The van der Waals surface area contributed by atoms with Crippen molar-refractivity contribution in [3.63, 3.8) is 0 Å². The van der Waals surface area contributed by atoms with Gasteiger partial charge in [0.2, 0.25) is 0 Å². The van der Waals surface area contributed by atoms with Crippen LogP contribution in [0.2, 0.25) is 0 Å². The Morgan fingerprint density at radius 3 is 2.36 bits per heavy atom. The molecule has 0 aromatic heterocycles. The van der Waals surface area contributed by atoms with Gasteiger partial charge in [0.05, 0.1) is 7.11 Å². The number of rotatable bonds is 3. The normalized spacial score (nSPS) is 11.1. The number of allylic oxidation sites excluding steroid dienone is 1. The highest BCUT2D eigenvalue weighted by Gasteiger charge is 1.93. The molecule has 0 bridgehead atoms. The zero-order valence-corrected chi connectivity index (χ0v) is 8.11. The predicted octanol–water partition coefficient (Wildman–Crippen LogP) is 0.985. The Labute approximate surface area is 82.6 Å². The molecule has 3 nitrogen and oxygen atoms in total. The molecule has 0 saturated carbocycles. The van der Waals surface area contributed by atoms with Crippen molar-refractivity contribution in [1.82, 2.24) is 0 Å². The molecule has 0 aliphatic rings. The van der Waals surface area contributed by atoms with E-state index in [0.29, 0.717) is 11.3 Å². The fourth-order valence-electron chi connectivity index (χ4n) is 1.02. The van der Waals surface area contributed by atoms with E-state index in [1.807, 2.05) is 0 Å². The maximum absolute atomic E-state index is 11.3. The Morgan fingerprint density at radius 1 is 1.36 bits per heavy atom. The van der Waals surface area contributed by atoms with Gasteiger partial charge in [0.1, 0.15) is 5.75 Å². The number of benzene rings is 1. The lowest BCUT2D eigenvalue weighted by Crippen LogP contribution is -2.04. The van der Waals surface area contributed by atoms with Crippen molar-refractivity contribution >= 4 is 11.5 Å². The number of ether oxygens (including phenoxy) is 1. The number of hydrogen-bond acceptors (Lipinski definition) is 3. The predicted molar refractivity (Wildman–Crippen MR) is 51.7 cm³/mol. The molecule has 1 aromatic carbocycles. The van der Waals surface area contributed by atoms with Crippen LogP contribution in [0.5, 0.6) is 5.75 Å². The second-order valence-corrected chi connectivity index (χ2v) is 2.85. The summed E-state index contributed by atoms with van der Waals surface area (Å²) in [5, 5.41) is 11.3. The molecule has 14 heavy (non-hydrogen) atoms. The van der Waals surface area contributed by atoms with Crippen LogP contribution in [0, 0.1) is 0 Å². The molecule has 0 saturated heterocycles. The van der Waals surface area contributed by atoms with Crippen LogP contribution in [0.25, 0.3) is 5.76 Å². The average molecular weight is 191 g/mol. The first-order valence-electron chi connectivity index (χ1n) is 4.17. The minimum atomic E-state index is -0.278. The van der Waals surface area contributed by atoms with Crippen LogP contribution in [0.15, 0.2) is 30.3 Å². The van der Waals surface area contributed by atoms with E-state index < -0.39 is 0 Å². The summed E-state index contributed by atoms with van der Waals surface area (Å²) in [4.78, 5) is 10.6.